The molecular weight excluding hydrogens is 288 g/mol. The van der Waals surface area contributed by atoms with Gasteiger partial charge in [0.2, 0.25) is 0 Å². The quantitative estimate of drug-likeness (QED) is 0.906. The molecule has 0 fully saturated rings. The standard InChI is InChI=1S/C14H12Cl2FNO/c15-12-3-2-11(8-13(12)16)19-14-4-1-10(17)7-9(14)5-6-18/h1-4,7-8H,5-6,18H2. The Balaban J connectivity index is 2.29. The highest BCUT2D eigenvalue weighted by atomic mass is 35.5. The number of ether oxygens (including phenoxy) is 1. The van der Waals surface area contributed by atoms with E-state index in [9.17, 15) is 4.39 Å². The molecule has 0 aliphatic rings. The Labute approximate surface area is 120 Å². The summed E-state index contributed by atoms with van der Waals surface area (Å²) in [5.74, 6) is 0.787. The van der Waals surface area contributed by atoms with Crippen LogP contribution in [0.5, 0.6) is 11.5 Å². The fourth-order valence-electron chi connectivity index (χ4n) is 1.67. The van der Waals surface area contributed by atoms with Gasteiger partial charge in [-0.1, -0.05) is 23.2 Å². The van der Waals surface area contributed by atoms with Crippen molar-refractivity contribution in [1.29, 1.82) is 0 Å². The molecule has 5 heteroatoms. The monoisotopic (exact) mass is 299 g/mol. The summed E-state index contributed by atoms with van der Waals surface area (Å²) < 4.78 is 18.9. The predicted molar refractivity (Wildman–Crippen MR) is 75.7 cm³/mol. The van der Waals surface area contributed by atoms with Crippen LogP contribution in [0.2, 0.25) is 10.0 Å². The lowest BCUT2D eigenvalue weighted by Crippen LogP contribution is -2.04. The van der Waals surface area contributed by atoms with E-state index in [4.69, 9.17) is 33.7 Å². The molecule has 2 rings (SSSR count). The Morgan fingerprint density at radius 3 is 2.53 bits per heavy atom. The molecule has 2 N–H and O–H groups in total. The zero-order valence-corrected chi connectivity index (χ0v) is 11.5. The minimum absolute atomic E-state index is 0.315. The molecule has 2 aromatic carbocycles. The SMILES string of the molecule is NCCc1cc(F)ccc1Oc1ccc(Cl)c(Cl)c1. The molecule has 0 spiro atoms. The fourth-order valence-corrected chi connectivity index (χ4v) is 1.95. The lowest BCUT2D eigenvalue weighted by molar-refractivity contribution is 0.473. The fraction of sp³-hybridized carbons (Fsp3) is 0.143. The van der Waals surface area contributed by atoms with Gasteiger partial charge in [0.05, 0.1) is 10.0 Å². The van der Waals surface area contributed by atoms with E-state index in [2.05, 4.69) is 0 Å². The van der Waals surface area contributed by atoms with Crippen molar-refractivity contribution < 1.29 is 9.13 Å². The van der Waals surface area contributed by atoms with Crippen LogP contribution < -0.4 is 10.5 Å². The van der Waals surface area contributed by atoms with E-state index in [1.807, 2.05) is 0 Å². The molecule has 0 bridgehead atoms. The summed E-state index contributed by atoms with van der Waals surface area (Å²) in [4.78, 5) is 0. The second-order valence-electron chi connectivity index (χ2n) is 3.97. The van der Waals surface area contributed by atoms with E-state index in [0.717, 1.165) is 0 Å². The van der Waals surface area contributed by atoms with Gasteiger partial charge in [-0.05, 0) is 48.9 Å². The average Bonchev–Trinajstić information content (AvgIpc) is 2.37. The first-order chi connectivity index (χ1) is 9.10. The molecule has 19 heavy (non-hydrogen) atoms. The topological polar surface area (TPSA) is 35.2 Å². The highest BCUT2D eigenvalue weighted by Crippen LogP contribution is 2.31. The van der Waals surface area contributed by atoms with Crippen molar-refractivity contribution in [3.8, 4) is 11.5 Å². The van der Waals surface area contributed by atoms with Crippen LogP contribution in [0.4, 0.5) is 4.39 Å². The summed E-state index contributed by atoms with van der Waals surface area (Å²) >= 11 is 11.7. The van der Waals surface area contributed by atoms with E-state index < -0.39 is 0 Å². The summed E-state index contributed by atoms with van der Waals surface area (Å²) in [7, 11) is 0. The van der Waals surface area contributed by atoms with Crippen LogP contribution >= 0.6 is 23.2 Å². The van der Waals surface area contributed by atoms with Crippen molar-refractivity contribution in [2.45, 2.75) is 6.42 Å². The lowest BCUT2D eigenvalue weighted by Gasteiger charge is -2.11. The first kappa shape index (κ1) is 14.1. The van der Waals surface area contributed by atoms with Gasteiger partial charge in [-0.2, -0.15) is 0 Å². The van der Waals surface area contributed by atoms with Crippen LogP contribution in [0.3, 0.4) is 0 Å². The smallest absolute Gasteiger partial charge is 0.130 e. The molecule has 0 radical (unpaired) electrons. The van der Waals surface area contributed by atoms with Crippen LogP contribution in [-0.4, -0.2) is 6.54 Å². The average molecular weight is 300 g/mol. The highest BCUT2D eigenvalue weighted by molar-refractivity contribution is 6.42. The zero-order valence-electron chi connectivity index (χ0n) is 10.00. The normalized spacial score (nSPS) is 10.5. The molecule has 0 saturated carbocycles. The van der Waals surface area contributed by atoms with E-state index in [-0.39, 0.29) is 5.82 Å². The molecule has 0 amide bonds. The van der Waals surface area contributed by atoms with Crippen molar-refractivity contribution in [1.82, 2.24) is 0 Å². The molecule has 0 aliphatic heterocycles. The summed E-state index contributed by atoms with van der Waals surface area (Å²) in [5.41, 5.74) is 6.22. The zero-order chi connectivity index (χ0) is 13.8. The Morgan fingerprint density at radius 2 is 1.84 bits per heavy atom. The Morgan fingerprint density at radius 1 is 1.05 bits per heavy atom. The van der Waals surface area contributed by atoms with Crippen molar-refractivity contribution in [3.05, 3.63) is 57.8 Å². The molecule has 0 unspecified atom stereocenters. The lowest BCUT2D eigenvalue weighted by atomic mass is 10.1. The van der Waals surface area contributed by atoms with Gasteiger partial charge in [-0.25, -0.2) is 4.39 Å². The maximum Gasteiger partial charge on any atom is 0.130 e. The van der Waals surface area contributed by atoms with Gasteiger partial charge in [-0.3, -0.25) is 0 Å². The van der Waals surface area contributed by atoms with Gasteiger partial charge < -0.3 is 10.5 Å². The van der Waals surface area contributed by atoms with Crippen molar-refractivity contribution in [2.24, 2.45) is 5.73 Å². The minimum Gasteiger partial charge on any atom is -0.457 e. The number of rotatable bonds is 4. The highest BCUT2D eigenvalue weighted by Gasteiger charge is 2.07. The maximum absolute atomic E-state index is 13.2. The van der Waals surface area contributed by atoms with Gasteiger partial charge in [0.1, 0.15) is 17.3 Å². The van der Waals surface area contributed by atoms with E-state index >= 15 is 0 Å². The number of hydrogen-bond acceptors (Lipinski definition) is 2. The van der Waals surface area contributed by atoms with Gasteiger partial charge in [-0.15, -0.1) is 0 Å². The first-order valence-electron chi connectivity index (χ1n) is 5.71. The van der Waals surface area contributed by atoms with Gasteiger partial charge in [0, 0.05) is 6.07 Å². The van der Waals surface area contributed by atoms with Crippen LogP contribution in [0.15, 0.2) is 36.4 Å². The van der Waals surface area contributed by atoms with Crippen molar-refractivity contribution >= 4 is 23.2 Å². The van der Waals surface area contributed by atoms with E-state index in [1.54, 1.807) is 24.3 Å². The summed E-state index contributed by atoms with van der Waals surface area (Å²) in [6.07, 6.45) is 0.536. The molecule has 2 nitrogen and oxygen atoms in total. The van der Waals surface area contributed by atoms with Crippen molar-refractivity contribution in [2.75, 3.05) is 6.54 Å². The number of nitrogens with two attached hydrogens (primary N) is 1. The molecule has 100 valence electrons. The van der Waals surface area contributed by atoms with E-state index in [0.29, 0.717) is 40.1 Å². The number of halogens is 3. The predicted octanol–water partition coefficient (Wildman–Crippen LogP) is 4.43. The molecule has 0 aliphatic carbocycles. The summed E-state index contributed by atoms with van der Waals surface area (Å²) in [6.45, 7) is 0.418. The van der Waals surface area contributed by atoms with Crippen LogP contribution in [-0.2, 0) is 6.42 Å². The Bertz CT molecular complexity index is 590. The second kappa shape index (κ2) is 6.24. The second-order valence-corrected chi connectivity index (χ2v) is 4.78. The Hall–Kier alpha value is -1.29. The Kier molecular flexibility index (Phi) is 4.64. The van der Waals surface area contributed by atoms with Crippen molar-refractivity contribution in [3.63, 3.8) is 0 Å². The molecule has 2 aromatic rings. The van der Waals surface area contributed by atoms with Crippen LogP contribution in [0, 0.1) is 5.82 Å². The number of benzene rings is 2. The molecule has 0 atom stereocenters. The third-order valence-corrected chi connectivity index (χ3v) is 3.29. The summed E-state index contributed by atoms with van der Waals surface area (Å²) in [5, 5.41) is 0.858. The molecule has 0 aromatic heterocycles. The number of hydrogen-bond donors (Lipinski definition) is 1. The van der Waals surface area contributed by atoms with Gasteiger partial charge in [0.15, 0.2) is 0 Å². The third kappa shape index (κ3) is 3.60. The minimum atomic E-state index is -0.315. The molecular formula is C14H12Cl2FNO. The van der Waals surface area contributed by atoms with Crippen LogP contribution in [0.1, 0.15) is 5.56 Å². The molecule has 0 heterocycles. The largest absolute Gasteiger partial charge is 0.457 e. The van der Waals surface area contributed by atoms with Gasteiger partial charge >= 0.3 is 0 Å². The molecule has 0 saturated heterocycles. The van der Waals surface area contributed by atoms with Crippen LogP contribution in [0.25, 0.3) is 0 Å². The van der Waals surface area contributed by atoms with Gasteiger partial charge in [0.25, 0.3) is 0 Å². The summed E-state index contributed by atoms with van der Waals surface area (Å²) in [6, 6.07) is 9.28. The maximum atomic E-state index is 13.2. The first-order valence-corrected chi connectivity index (χ1v) is 6.47. The van der Waals surface area contributed by atoms with E-state index in [1.165, 1.54) is 12.1 Å². The third-order valence-electron chi connectivity index (χ3n) is 2.56.